The lowest BCUT2D eigenvalue weighted by Crippen LogP contribution is -2.12. The average molecular weight is 363 g/mol. The van der Waals surface area contributed by atoms with E-state index in [2.05, 4.69) is 10.3 Å². The van der Waals surface area contributed by atoms with E-state index < -0.39 is 11.6 Å². The van der Waals surface area contributed by atoms with E-state index in [0.717, 1.165) is 17.7 Å². The van der Waals surface area contributed by atoms with Gasteiger partial charge >= 0.3 is 0 Å². The molecule has 0 aliphatic rings. The van der Waals surface area contributed by atoms with Gasteiger partial charge in [0.05, 0.1) is 17.4 Å². The van der Waals surface area contributed by atoms with E-state index in [9.17, 15) is 13.6 Å². The number of anilines is 1. The number of hydrogen-bond donors (Lipinski definition) is 1. The topological polar surface area (TPSA) is 46.9 Å². The van der Waals surface area contributed by atoms with Crippen LogP contribution in [0.2, 0.25) is 0 Å². The number of nitrogens with one attached hydrogen (secondary N) is 1. The molecule has 6 heteroatoms. The van der Waals surface area contributed by atoms with Gasteiger partial charge < -0.3 is 9.88 Å². The van der Waals surface area contributed by atoms with Crippen molar-refractivity contribution in [3.05, 3.63) is 95.8 Å². The Morgan fingerprint density at radius 3 is 2.56 bits per heavy atom. The van der Waals surface area contributed by atoms with Crippen molar-refractivity contribution in [3.8, 4) is 0 Å². The van der Waals surface area contributed by atoms with Crippen LogP contribution in [0.5, 0.6) is 0 Å². The Morgan fingerprint density at radius 1 is 0.963 bits per heavy atom. The number of halogens is 2. The monoisotopic (exact) mass is 363 g/mol. The summed E-state index contributed by atoms with van der Waals surface area (Å²) >= 11 is 0. The van der Waals surface area contributed by atoms with Crippen LogP contribution in [0.15, 0.2) is 73.1 Å². The normalized spacial score (nSPS) is 10.9. The summed E-state index contributed by atoms with van der Waals surface area (Å²) in [7, 11) is 0. The van der Waals surface area contributed by atoms with Gasteiger partial charge in [0.15, 0.2) is 11.6 Å². The Balaban J connectivity index is 1.58. The van der Waals surface area contributed by atoms with Gasteiger partial charge in [-0.1, -0.05) is 30.3 Å². The van der Waals surface area contributed by atoms with Gasteiger partial charge in [-0.3, -0.25) is 4.79 Å². The lowest BCUT2D eigenvalue weighted by Gasteiger charge is -2.08. The molecule has 3 aromatic carbocycles. The maximum Gasteiger partial charge on any atom is 0.255 e. The first-order valence-corrected chi connectivity index (χ1v) is 8.35. The highest BCUT2D eigenvalue weighted by atomic mass is 19.2. The van der Waals surface area contributed by atoms with Gasteiger partial charge in [0, 0.05) is 29.9 Å². The number of fused-ring (bicyclic) bond motifs is 1. The lowest BCUT2D eigenvalue weighted by molar-refractivity contribution is 0.102. The number of hydrogen-bond acceptors (Lipinski definition) is 2. The second-order valence-electron chi connectivity index (χ2n) is 6.15. The fourth-order valence-electron chi connectivity index (χ4n) is 2.91. The number of imidazole rings is 1. The third kappa shape index (κ3) is 3.55. The molecule has 0 aliphatic carbocycles. The Hall–Kier alpha value is -3.54. The van der Waals surface area contributed by atoms with E-state index >= 15 is 0 Å². The zero-order valence-electron chi connectivity index (χ0n) is 14.2. The molecular weight excluding hydrogens is 348 g/mol. The standard InChI is InChI=1S/C21H15F2N3O/c22-17-10-19-20(11-18(17)23)26(13-24-19)12-14-5-4-6-15(9-14)21(27)25-16-7-2-1-3-8-16/h1-11,13H,12H2,(H,25,27). The Kier molecular flexibility index (Phi) is 4.38. The molecule has 1 aromatic heterocycles. The van der Waals surface area contributed by atoms with Crippen LogP contribution in [0, 0.1) is 11.6 Å². The fourth-order valence-corrected chi connectivity index (χ4v) is 2.91. The van der Waals surface area contributed by atoms with E-state index in [1.165, 1.54) is 6.33 Å². The first-order chi connectivity index (χ1) is 13.1. The smallest absolute Gasteiger partial charge is 0.255 e. The minimum absolute atomic E-state index is 0.216. The van der Waals surface area contributed by atoms with Crippen LogP contribution >= 0.6 is 0 Å². The molecule has 1 N–H and O–H groups in total. The number of para-hydroxylation sites is 1. The quantitative estimate of drug-likeness (QED) is 0.575. The van der Waals surface area contributed by atoms with Gasteiger partial charge in [0.2, 0.25) is 0 Å². The van der Waals surface area contributed by atoms with Crippen molar-refractivity contribution in [2.24, 2.45) is 0 Å². The van der Waals surface area contributed by atoms with E-state index in [1.54, 1.807) is 22.8 Å². The summed E-state index contributed by atoms with van der Waals surface area (Å²) in [6.07, 6.45) is 1.53. The highest BCUT2D eigenvalue weighted by molar-refractivity contribution is 6.04. The summed E-state index contributed by atoms with van der Waals surface area (Å²) in [4.78, 5) is 16.5. The molecule has 0 spiro atoms. The molecule has 0 aliphatic heterocycles. The second kappa shape index (κ2) is 6.99. The van der Waals surface area contributed by atoms with Crippen LogP contribution in [0.4, 0.5) is 14.5 Å². The van der Waals surface area contributed by atoms with Crippen molar-refractivity contribution in [1.29, 1.82) is 0 Å². The summed E-state index contributed by atoms with van der Waals surface area (Å²) in [6, 6.07) is 18.5. The molecular formula is C21H15F2N3O. The average Bonchev–Trinajstić information content (AvgIpc) is 3.05. The molecule has 4 aromatic rings. The summed E-state index contributed by atoms with van der Waals surface area (Å²) in [5, 5.41) is 2.84. The minimum Gasteiger partial charge on any atom is -0.326 e. The Labute approximate surface area is 154 Å². The highest BCUT2D eigenvalue weighted by Gasteiger charge is 2.11. The predicted molar refractivity (Wildman–Crippen MR) is 99.6 cm³/mol. The van der Waals surface area contributed by atoms with Gasteiger partial charge in [0.1, 0.15) is 0 Å². The summed E-state index contributed by atoms with van der Waals surface area (Å²) in [5.41, 5.74) is 2.95. The molecule has 134 valence electrons. The van der Waals surface area contributed by atoms with Crippen LogP contribution in [-0.2, 0) is 6.54 Å². The van der Waals surface area contributed by atoms with Crippen LogP contribution in [0.25, 0.3) is 11.0 Å². The van der Waals surface area contributed by atoms with Crippen molar-refractivity contribution < 1.29 is 13.6 Å². The number of rotatable bonds is 4. The van der Waals surface area contributed by atoms with Crippen molar-refractivity contribution in [2.45, 2.75) is 6.54 Å². The number of amides is 1. The van der Waals surface area contributed by atoms with E-state index in [0.29, 0.717) is 28.8 Å². The van der Waals surface area contributed by atoms with Crippen molar-refractivity contribution in [3.63, 3.8) is 0 Å². The number of carbonyl (C=O) groups excluding carboxylic acids is 1. The largest absolute Gasteiger partial charge is 0.326 e. The predicted octanol–water partition coefficient (Wildman–Crippen LogP) is 4.62. The number of carbonyl (C=O) groups is 1. The van der Waals surface area contributed by atoms with E-state index in [4.69, 9.17) is 0 Å². The summed E-state index contributed by atoms with van der Waals surface area (Å²) in [5.74, 6) is -2.06. The van der Waals surface area contributed by atoms with Gasteiger partial charge in [-0.05, 0) is 29.8 Å². The van der Waals surface area contributed by atoms with Crippen LogP contribution in [0.3, 0.4) is 0 Å². The Morgan fingerprint density at radius 2 is 1.74 bits per heavy atom. The van der Waals surface area contributed by atoms with Gasteiger partial charge in [-0.25, -0.2) is 13.8 Å². The minimum atomic E-state index is -0.924. The first kappa shape index (κ1) is 16.9. The molecule has 0 fully saturated rings. The molecule has 27 heavy (non-hydrogen) atoms. The molecule has 0 unspecified atom stereocenters. The van der Waals surface area contributed by atoms with Crippen LogP contribution in [0.1, 0.15) is 15.9 Å². The van der Waals surface area contributed by atoms with Crippen molar-refractivity contribution >= 4 is 22.6 Å². The van der Waals surface area contributed by atoms with Gasteiger partial charge in [0.25, 0.3) is 5.91 Å². The van der Waals surface area contributed by atoms with E-state index in [1.807, 2.05) is 36.4 Å². The summed E-state index contributed by atoms with van der Waals surface area (Å²) < 4.78 is 28.6. The maximum atomic E-state index is 13.6. The molecule has 0 saturated heterocycles. The third-order valence-electron chi connectivity index (χ3n) is 4.24. The molecule has 4 rings (SSSR count). The van der Waals surface area contributed by atoms with Gasteiger partial charge in [-0.2, -0.15) is 0 Å². The van der Waals surface area contributed by atoms with Gasteiger partial charge in [-0.15, -0.1) is 0 Å². The molecule has 0 atom stereocenters. The SMILES string of the molecule is O=C(Nc1ccccc1)c1cccc(Cn2cnc3cc(F)c(F)cc32)c1. The first-order valence-electron chi connectivity index (χ1n) is 8.35. The lowest BCUT2D eigenvalue weighted by atomic mass is 10.1. The number of benzene rings is 3. The molecule has 1 amide bonds. The molecule has 1 heterocycles. The second-order valence-corrected chi connectivity index (χ2v) is 6.15. The third-order valence-corrected chi connectivity index (χ3v) is 4.24. The molecule has 4 nitrogen and oxygen atoms in total. The van der Waals surface area contributed by atoms with Crippen LogP contribution in [-0.4, -0.2) is 15.5 Å². The zero-order chi connectivity index (χ0) is 18.8. The van der Waals surface area contributed by atoms with Crippen molar-refractivity contribution in [1.82, 2.24) is 9.55 Å². The Bertz CT molecular complexity index is 1120. The van der Waals surface area contributed by atoms with Crippen molar-refractivity contribution in [2.75, 3.05) is 5.32 Å². The number of nitrogens with zero attached hydrogens (tertiary/aromatic N) is 2. The number of aromatic nitrogens is 2. The molecule has 0 bridgehead atoms. The highest BCUT2D eigenvalue weighted by Crippen LogP contribution is 2.19. The summed E-state index contributed by atoms with van der Waals surface area (Å²) in [6.45, 7) is 0.383. The molecule has 0 saturated carbocycles. The van der Waals surface area contributed by atoms with Crippen LogP contribution < -0.4 is 5.32 Å². The maximum absolute atomic E-state index is 13.6. The van der Waals surface area contributed by atoms with E-state index in [-0.39, 0.29) is 5.91 Å². The fraction of sp³-hybridized carbons (Fsp3) is 0.0476. The molecule has 0 radical (unpaired) electrons. The zero-order valence-corrected chi connectivity index (χ0v) is 14.2.